The first-order valence-corrected chi connectivity index (χ1v) is 11.3. The van der Waals surface area contributed by atoms with Crippen molar-refractivity contribution in [1.29, 1.82) is 5.26 Å². The molecule has 3 aromatic carbocycles. The Hall–Kier alpha value is -3.97. The van der Waals surface area contributed by atoms with Gasteiger partial charge in [-0.05, 0) is 35.4 Å². The van der Waals surface area contributed by atoms with Gasteiger partial charge in [-0.15, -0.1) is 58.7 Å². The Balaban J connectivity index is 0.000000210. The van der Waals surface area contributed by atoms with Gasteiger partial charge in [-0.25, -0.2) is 5.26 Å². The number of aromatic nitrogens is 3. The summed E-state index contributed by atoms with van der Waals surface area (Å²) in [6.45, 7) is 6.22. The van der Waals surface area contributed by atoms with Gasteiger partial charge in [-0.3, -0.25) is 9.97 Å². The number of aryl methyl sites for hydroxylation is 2. The van der Waals surface area contributed by atoms with Crippen LogP contribution in [0.3, 0.4) is 0 Å². The molecule has 36 heavy (non-hydrogen) atoms. The quantitative estimate of drug-likeness (QED) is 0.200. The molecule has 0 bridgehead atoms. The summed E-state index contributed by atoms with van der Waals surface area (Å²) in [7, 11) is 0. The van der Waals surface area contributed by atoms with Gasteiger partial charge >= 0.3 is 0 Å². The van der Waals surface area contributed by atoms with Gasteiger partial charge in [0.05, 0.1) is 5.82 Å². The molecular weight excluding hydrogens is 621 g/mol. The second-order valence-electron chi connectivity index (χ2n) is 8.11. The number of nitrogens with zero attached hydrogens (tertiary/aromatic N) is 4. The number of nitriles is 1. The summed E-state index contributed by atoms with van der Waals surface area (Å²) in [4.78, 5) is 13.1. The standard InChI is InChI=1S/C19H17N2.C12H7N2.Ir/c1-13-11-20-19(21-12-13)17-10-9-14(2)18(15(17)3)16-7-5-4-6-8-16;13-9-10-4-6-11(7-5-10)12-3-1-2-8-14-12;/h4-9,11-12H,1-3H3;1-6,8H;/q2*-1;. The SMILES string of the molecule is Cc1cnc(-c2[c-]cc(C)c(-c3ccccc3)c2C)nc1.N#Cc1c[c-]c(-c2ccccn2)cc1.[Ir]. The van der Waals surface area contributed by atoms with Crippen LogP contribution in [0.1, 0.15) is 22.3 Å². The van der Waals surface area contributed by atoms with Crippen LogP contribution in [0.5, 0.6) is 0 Å². The zero-order valence-electron chi connectivity index (χ0n) is 20.3. The van der Waals surface area contributed by atoms with E-state index in [9.17, 15) is 0 Å². The summed E-state index contributed by atoms with van der Waals surface area (Å²) < 4.78 is 0. The van der Waals surface area contributed by atoms with Crippen LogP contribution in [0.25, 0.3) is 33.8 Å². The maximum atomic E-state index is 8.61. The smallest absolute Gasteiger partial charge is 0.0751 e. The van der Waals surface area contributed by atoms with Crippen LogP contribution in [0.15, 0.2) is 91.4 Å². The fourth-order valence-corrected chi connectivity index (χ4v) is 3.76. The van der Waals surface area contributed by atoms with Crippen LogP contribution in [0.4, 0.5) is 0 Å². The monoisotopic (exact) mass is 645 g/mol. The van der Waals surface area contributed by atoms with Gasteiger partial charge < -0.3 is 4.98 Å². The fraction of sp³-hybridized carbons (Fsp3) is 0.0968. The van der Waals surface area contributed by atoms with Crippen molar-refractivity contribution < 1.29 is 20.1 Å². The molecule has 0 saturated carbocycles. The van der Waals surface area contributed by atoms with Crippen molar-refractivity contribution in [1.82, 2.24) is 15.0 Å². The minimum absolute atomic E-state index is 0. The Bertz CT molecular complexity index is 1440. The molecule has 0 unspecified atom stereocenters. The molecule has 5 aromatic rings. The Morgan fingerprint density at radius 2 is 1.50 bits per heavy atom. The molecular formula is C31H24IrN4-2. The Kier molecular flexibility index (Phi) is 9.36. The van der Waals surface area contributed by atoms with Gasteiger partial charge in [0.2, 0.25) is 0 Å². The normalized spacial score (nSPS) is 9.83. The molecule has 0 atom stereocenters. The number of benzene rings is 3. The first-order valence-electron chi connectivity index (χ1n) is 11.3. The van der Waals surface area contributed by atoms with Crippen molar-refractivity contribution >= 4 is 0 Å². The van der Waals surface area contributed by atoms with Gasteiger partial charge in [-0.1, -0.05) is 61.9 Å². The van der Waals surface area contributed by atoms with Crippen molar-refractivity contribution in [3.8, 4) is 39.8 Å². The van der Waals surface area contributed by atoms with Crippen LogP contribution in [0, 0.1) is 44.2 Å². The largest absolute Gasteiger partial charge is 0.305 e. The van der Waals surface area contributed by atoms with Crippen molar-refractivity contribution in [3.63, 3.8) is 0 Å². The van der Waals surface area contributed by atoms with E-state index >= 15 is 0 Å². The van der Waals surface area contributed by atoms with Crippen molar-refractivity contribution in [2.45, 2.75) is 20.8 Å². The topological polar surface area (TPSA) is 62.5 Å². The van der Waals surface area contributed by atoms with Crippen molar-refractivity contribution in [2.75, 3.05) is 0 Å². The summed E-state index contributed by atoms with van der Waals surface area (Å²) in [5.41, 5.74) is 9.28. The number of pyridine rings is 1. The molecule has 1 radical (unpaired) electrons. The van der Waals surface area contributed by atoms with Crippen LogP contribution in [-0.4, -0.2) is 15.0 Å². The molecule has 5 heteroatoms. The molecule has 0 amide bonds. The molecule has 0 aliphatic rings. The number of rotatable bonds is 3. The van der Waals surface area contributed by atoms with Gasteiger partial charge in [0.25, 0.3) is 0 Å². The molecule has 0 aliphatic heterocycles. The molecule has 4 nitrogen and oxygen atoms in total. The third-order valence-corrected chi connectivity index (χ3v) is 5.53. The number of hydrogen-bond acceptors (Lipinski definition) is 4. The summed E-state index contributed by atoms with van der Waals surface area (Å²) in [5.74, 6) is 0.732. The Morgan fingerprint density at radius 3 is 2.11 bits per heavy atom. The predicted molar refractivity (Wildman–Crippen MR) is 139 cm³/mol. The van der Waals surface area contributed by atoms with E-state index in [0.29, 0.717) is 5.56 Å². The average Bonchev–Trinajstić information content (AvgIpc) is 2.91. The van der Waals surface area contributed by atoms with E-state index < -0.39 is 0 Å². The summed E-state index contributed by atoms with van der Waals surface area (Å²) in [6, 6.07) is 31.8. The minimum Gasteiger partial charge on any atom is -0.305 e. The van der Waals surface area contributed by atoms with Crippen molar-refractivity contribution in [3.05, 3.63) is 126 Å². The zero-order chi connectivity index (χ0) is 24.6. The van der Waals surface area contributed by atoms with Crippen LogP contribution >= 0.6 is 0 Å². The third-order valence-electron chi connectivity index (χ3n) is 5.53. The molecule has 0 aliphatic carbocycles. The Labute approximate surface area is 226 Å². The van der Waals surface area contributed by atoms with E-state index in [0.717, 1.165) is 28.2 Å². The van der Waals surface area contributed by atoms with E-state index in [1.807, 2.05) is 55.7 Å². The minimum atomic E-state index is 0. The van der Waals surface area contributed by atoms with Crippen molar-refractivity contribution in [2.24, 2.45) is 0 Å². The molecule has 5 rings (SSSR count). The average molecular weight is 645 g/mol. The maximum absolute atomic E-state index is 8.61. The van der Waals surface area contributed by atoms with Crippen LogP contribution < -0.4 is 0 Å². The maximum Gasteiger partial charge on any atom is 0.0751 e. The molecule has 0 saturated heterocycles. The van der Waals surface area contributed by atoms with E-state index in [1.165, 1.54) is 22.3 Å². The molecule has 2 aromatic heterocycles. The van der Waals surface area contributed by atoms with Gasteiger partial charge in [0, 0.05) is 44.8 Å². The molecule has 0 N–H and O–H groups in total. The van der Waals surface area contributed by atoms with Gasteiger partial charge in [0.15, 0.2) is 0 Å². The summed E-state index contributed by atoms with van der Waals surface area (Å²) in [5, 5.41) is 8.61. The van der Waals surface area contributed by atoms with E-state index in [1.54, 1.807) is 18.3 Å². The fourth-order valence-electron chi connectivity index (χ4n) is 3.76. The molecule has 179 valence electrons. The first-order chi connectivity index (χ1) is 17.1. The molecule has 2 heterocycles. The number of hydrogen-bond donors (Lipinski definition) is 0. The zero-order valence-corrected chi connectivity index (χ0v) is 22.7. The van der Waals surface area contributed by atoms with Gasteiger partial charge in [-0.2, -0.15) is 0 Å². The third kappa shape index (κ3) is 6.37. The summed E-state index contributed by atoms with van der Waals surface area (Å²) in [6.07, 6.45) is 5.43. The first kappa shape index (κ1) is 26.6. The van der Waals surface area contributed by atoms with E-state index in [4.69, 9.17) is 5.26 Å². The predicted octanol–water partition coefficient (Wildman–Crippen LogP) is 6.95. The van der Waals surface area contributed by atoms with E-state index in [2.05, 4.69) is 71.3 Å². The second-order valence-corrected chi connectivity index (χ2v) is 8.11. The van der Waals surface area contributed by atoms with Gasteiger partial charge in [0.1, 0.15) is 0 Å². The summed E-state index contributed by atoms with van der Waals surface area (Å²) >= 11 is 0. The second kappa shape index (κ2) is 12.7. The van der Waals surface area contributed by atoms with Crippen LogP contribution in [0.2, 0.25) is 0 Å². The Morgan fingerprint density at radius 1 is 0.778 bits per heavy atom. The van der Waals surface area contributed by atoms with E-state index in [-0.39, 0.29) is 20.1 Å². The van der Waals surface area contributed by atoms with Crippen LogP contribution in [-0.2, 0) is 20.1 Å². The molecule has 0 fully saturated rings. The molecule has 0 spiro atoms.